The van der Waals surface area contributed by atoms with Gasteiger partial charge in [0.25, 0.3) is 5.91 Å². The first-order valence-electron chi connectivity index (χ1n) is 5.93. The average Bonchev–Trinajstić information content (AvgIpc) is 2.94. The highest BCUT2D eigenvalue weighted by Crippen LogP contribution is 2.17. The summed E-state index contributed by atoms with van der Waals surface area (Å²) in [6.45, 7) is 0. The number of hydrogen-bond donors (Lipinski definition) is 1. The van der Waals surface area contributed by atoms with Crippen molar-refractivity contribution in [3.8, 4) is 0 Å². The number of nitrogens with one attached hydrogen (secondary N) is 1. The fourth-order valence-corrected chi connectivity index (χ4v) is 1.93. The number of aromatic nitrogens is 3. The first kappa shape index (κ1) is 11.5. The van der Waals surface area contributed by atoms with Crippen LogP contribution in [0.1, 0.15) is 34.6 Å². The Kier molecular flexibility index (Phi) is 3.01. The van der Waals surface area contributed by atoms with E-state index < -0.39 is 0 Å². The first-order chi connectivity index (χ1) is 9.34. The molecule has 0 bridgehead atoms. The number of pyridine rings is 1. The summed E-state index contributed by atoms with van der Waals surface area (Å²) in [6, 6.07) is 3.25. The van der Waals surface area contributed by atoms with Gasteiger partial charge in [-0.1, -0.05) is 5.16 Å². The van der Waals surface area contributed by atoms with Gasteiger partial charge in [-0.15, -0.1) is 0 Å². The van der Waals surface area contributed by atoms with E-state index in [9.17, 15) is 4.79 Å². The standard InChI is InChI=1S/C12H11N5O2/c18-12(8-4-6-13-7-5-8)15-14-9-2-1-3-10-11(9)17-19-16-10/h4-7H,1-3H2,(H,15,18)/b14-9-. The molecule has 2 aromatic heterocycles. The van der Waals surface area contributed by atoms with Crippen LogP contribution < -0.4 is 5.43 Å². The SMILES string of the molecule is O=C(N/N=C1/CCCc2nonc21)c1ccncc1. The molecule has 1 aliphatic rings. The molecule has 0 atom stereocenters. The third kappa shape index (κ3) is 2.35. The van der Waals surface area contributed by atoms with E-state index in [-0.39, 0.29) is 5.91 Å². The molecule has 0 spiro atoms. The molecule has 0 saturated carbocycles. The molecule has 96 valence electrons. The van der Waals surface area contributed by atoms with Gasteiger partial charge in [-0.05, 0) is 36.6 Å². The van der Waals surface area contributed by atoms with Crippen molar-refractivity contribution in [2.45, 2.75) is 19.3 Å². The van der Waals surface area contributed by atoms with Gasteiger partial charge >= 0.3 is 0 Å². The summed E-state index contributed by atoms with van der Waals surface area (Å²) in [5.74, 6) is -0.279. The van der Waals surface area contributed by atoms with Crippen molar-refractivity contribution in [3.63, 3.8) is 0 Å². The molecular formula is C12H11N5O2. The molecule has 0 saturated heterocycles. The van der Waals surface area contributed by atoms with Crippen LogP contribution in [0.3, 0.4) is 0 Å². The number of amides is 1. The van der Waals surface area contributed by atoms with Gasteiger partial charge in [0.05, 0.1) is 5.71 Å². The van der Waals surface area contributed by atoms with Crippen LogP contribution in [0.15, 0.2) is 34.3 Å². The summed E-state index contributed by atoms with van der Waals surface area (Å²) in [6.07, 6.45) is 5.61. The van der Waals surface area contributed by atoms with Crippen molar-refractivity contribution in [2.24, 2.45) is 5.10 Å². The average molecular weight is 257 g/mol. The van der Waals surface area contributed by atoms with Gasteiger partial charge in [-0.25, -0.2) is 10.1 Å². The molecule has 1 amide bonds. The second kappa shape index (κ2) is 4.97. The lowest BCUT2D eigenvalue weighted by Crippen LogP contribution is -2.22. The van der Waals surface area contributed by atoms with Gasteiger partial charge in [-0.3, -0.25) is 9.78 Å². The monoisotopic (exact) mass is 257 g/mol. The Labute approximate surface area is 108 Å². The van der Waals surface area contributed by atoms with E-state index in [1.165, 1.54) is 0 Å². The van der Waals surface area contributed by atoms with Gasteiger partial charge < -0.3 is 0 Å². The topological polar surface area (TPSA) is 93.3 Å². The Morgan fingerprint density at radius 1 is 1.26 bits per heavy atom. The molecule has 7 nitrogen and oxygen atoms in total. The zero-order valence-electron chi connectivity index (χ0n) is 10.0. The highest BCUT2D eigenvalue weighted by Gasteiger charge is 2.21. The van der Waals surface area contributed by atoms with Crippen LogP contribution in [0, 0.1) is 0 Å². The fraction of sp³-hybridized carbons (Fsp3) is 0.250. The number of hydrogen-bond acceptors (Lipinski definition) is 6. The van der Waals surface area contributed by atoms with Crippen molar-refractivity contribution in [1.82, 2.24) is 20.7 Å². The van der Waals surface area contributed by atoms with E-state index in [1.54, 1.807) is 24.5 Å². The normalized spacial score (nSPS) is 16.1. The molecule has 0 aliphatic heterocycles. The van der Waals surface area contributed by atoms with Crippen molar-refractivity contribution in [3.05, 3.63) is 41.5 Å². The summed E-state index contributed by atoms with van der Waals surface area (Å²) in [5.41, 5.74) is 5.15. The minimum Gasteiger partial charge on any atom is -0.267 e. The van der Waals surface area contributed by atoms with Crippen molar-refractivity contribution in [2.75, 3.05) is 0 Å². The van der Waals surface area contributed by atoms with E-state index in [2.05, 4.69) is 30.5 Å². The molecule has 1 aliphatic carbocycles. The Morgan fingerprint density at radius 3 is 2.95 bits per heavy atom. The Balaban J connectivity index is 1.76. The van der Waals surface area contributed by atoms with Gasteiger partial charge in [0.2, 0.25) is 0 Å². The molecule has 19 heavy (non-hydrogen) atoms. The lowest BCUT2D eigenvalue weighted by atomic mass is 9.99. The lowest BCUT2D eigenvalue weighted by Gasteiger charge is -2.09. The quantitative estimate of drug-likeness (QED) is 0.808. The highest BCUT2D eigenvalue weighted by atomic mass is 16.6. The molecule has 2 heterocycles. The molecule has 0 fully saturated rings. The number of carbonyl (C=O) groups is 1. The van der Waals surface area contributed by atoms with E-state index in [0.29, 0.717) is 17.0 Å². The second-order valence-corrected chi connectivity index (χ2v) is 4.15. The number of rotatable bonds is 2. The highest BCUT2D eigenvalue weighted by molar-refractivity contribution is 6.02. The van der Waals surface area contributed by atoms with Crippen molar-refractivity contribution >= 4 is 11.6 Å². The molecule has 7 heteroatoms. The van der Waals surface area contributed by atoms with Crippen LogP contribution in [0.2, 0.25) is 0 Å². The number of hydrazone groups is 1. The van der Waals surface area contributed by atoms with Crippen LogP contribution >= 0.6 is 0 Å². The van der Waals surface area contributed by atoms with E-state index >= 15 is 0 Å². The number of aryl methyl sites for hydroxylation is 1. The molecule has 0 unspecified atom stereocenters. The summed E-state index contributed by atoms with van der Waals surface area (Å²) in [4.78, 5) is 15.7. The zero-order valence-corrected chi connectivity index (χ0v) is 10.0. The second-order valence-electron chi connectivity index (χ2n) is 4.15. The van der Waals surface area contributed by atoms with E-state index in [4.69, 9.17) is 0 Å². The third-order valence-corrected chi connectivity index (χ3v) is 2.89. The summed E-state index contributed by atoms with van der Waals surface area (Å²) in [7, 11) is 0. The maximum Gasteiger partial charge on any atom is 0.271 e. The Morgan fingerprint density at radius 2 is 2.11 bits per heavy atom. The van der Waals surface area contributed by atoms with Crippen LogP contribution in [-0.2, 0) is 6.42 Å². The minimum absolute atomic E-state index is 0.279. The fourth-order valence-electron chi connectivity index (χ4n) is 1.93. The largest absolute Gasteiger partial charge is 0.271 e. The molecule has 2 aromatic rings. The Bertz CT molecular complexity index is 620. The number of carbonyl (C=O) groups excluding carboxylic acids is 1. The van der Waals surface area contributed by atoms with Crippen molar-refractivity contribution in [1.29, 1.82) is 0 Å². The summed E-state index contributed by atoms with van der Waals surface area (Å²) < 4.78 is 4.69. The summed E-state index contributed by atoms with van der Waals surface area (Å²) >= 11 is 0. The lowest BCUT2D eigenvalue weighted by molar-refractivity contribution is 0.0954. The van der Waals surface area contributed by atoms with Crippen molar-refractivity contribution < 1.29 is 9.42 Å². The molecule has 1 N–H and O–H groups in total. The van der Waals surface area contributed by atoms with Gasteiger partial charge in [-0.2, -0.15) is 5.10 Å². The smallest absolute Gasteiger partial charge is 0.267 e. The minimum atomic E-state index is -0.279. The Hall–Kier alpha value is -2.57. The maximum atomic E-state index is 11.8. The first-order valence-corrected chi connectivity index (χ1v) is 5.93. The number of nitrogens with zero attached hydrogens (tertiary/aromatic N) is 4. The van der Waals surface area contributed by atoms with E-state index in [0.717, 1.165) is 25.0 Å². The van der Waals surface area contributed by atoms with Crippen LogP contribution in [0.25, 0.3) is 0 Å². The number of fused-ring (bicyclic) bond motifs is 1. The van der Waals surface area contributed by atoms with Gasteiger partial charge in [0.1, 0.15) is 5.69 Å². The molecular weight excluding hydrogens is 246 g/mol. The zero-order chi connectivity index (χ0) is 13.1. The summed E-state index contributed by atoms with van der Waals surface area (Å²) in [5, 5.41) is 11.7. The molecule has 3 rings (SSSR count). The van der Waals surface area contributed by atoms with E-state index in [1.807, 2.05) is 0 Å². The predicted octanol–water partition coefficient (Wildman–Crippen LogP) is 0.935. The predicted molar refractivity (Wildman–Crippen MR) is 65.5 cm³/mol. The van der Waals surface area contributed by atoms with Crippen LogP contribution in [0.4, 0.5) is 0 Å². The van der Waals surface area contributed by atoms with Gasteiger partial charge in [0.15, 0.2) is 5.69 Å². The molecule has 0 radical (unpaired) electrons. The maximum absolute atomic E-state index is 11.8. The van der Waals surface area contributed by atoms with Crippen LogP contribution in [-0.4, -0.2) is 26.9 Å². The van der Waals surface area contributed by atoms with Gasteiger partial charge in [0, 0.05) is 18.0 Å². The molecule has 0 aromatic carbocycles. The van der Waals surface area contributed by atoms with Crippen LogP contribution in [0.5, 0.6) is 0 Å². The third-order valence-electron chi connectivity index (χ3n) is 2.89.